The Labute approximate surface area is 107 Å². The molecule has 0 aliphatic rings. The minimum Gasteiger partial charge on any atom is -0.395 e. The molecule has 0 fully saturated rings. The normalized spacial score (nSPS) is 15.2. The van der Waals surface area contributed by atoms with Gasteiger partial charge in [-0.1, -0.05) is 13.3 Å². The second-order valence-corrected chi connectivity index (χ2v) is 6.13. The molecule has 0 amide bonds. The molecule has 0 radical (unpaired) electrons. The van der Waals surface area contributed by atoms with Gasteiger partial charge in [-0.3, -0.25) is 0 Å². The van der Waals surface area contributed by atoms with E-state index in [2.05, 4.69) is 6.92 Å². The third-order valence-corrected chi connectivity index (χ3v) is 4.94. The van der Waals surface area contributed by atoms with Crippen molar-refractivity contribution in [3.63, 3.8) is 0 Å². The van der Waals surface area contributed by atoms with Gasteiger partial charge in [-0.2, -0.15) is 0 Å². The maximum atomic E-state index is 5.89. The van der Waals surface area contributed by atoms with Crippen LogP contribution >= 0.6 is 0 Å². The quantitative estimate of drug-likeness (QED) is 0.535. The van der Waals surface area contributed by atoms with Gasteiger partial charge in [-0.05, 0) is 27.2 Å². The van der Waals surface area contributed by atoms with E-state index in [0.29, 0.717) is 19.8 Å². The van der Waals surface area contributed by atoms with Gasteiger partial charge in [0.05, 0.1) is 18.4 Å². The van der Waals surface area contributed by atoms with E-state index in [9.17, 15) is 0 Å². The van der Waals surface area contributed by atoms with Crippen molar-refractivity contribution in [1.29, 1.82) is 0 Å². The zero-order valence-corrected chi connectivity index (χ0v) is 13.1. The first-order valence-electron chi connectivity index (χ1n) is 6.57. The average Bonchev–Trinajstić information content (AvgIpc) is 2.33. The van der Waals surface area contributed by atoms with Crippen LogP contribution < -0.4 is 0 Å². The van der Waals surface area contributed by atoms with Crippen LogP contribution in [0, 0.1) is 0 Å². The van der Waals surface area contributed by atoms with Crippen LogP contribution in [0.25, 0.3) is 0 Å². The van der Waals surface area contributed by atoms with Crippen LogP contribution in [0.3, 0.4) is 0 Å². The van der Waals surface area contributed by atoms with Crippen LogP contribution in [-0.4, -0.2) is 48.0 Å². The lowest BCUT2D eigenvalue weighted by Gasteiger charge is -2.25. The number of rotatable bonds is 11. The van der Waals surface area contributed by atoms with Crippen molar-refractivity contribution in [3.8, 4) is 0 Å². The molecule has 0 N–H and O–H groups in total. The smallest absolute Gasteiger partial charge is 0.351 e. The van der Waals surface area contributed by atoms with Gasteiger partial charge in [0.1, 0.15) is 0 Å². The van der Waals surface area contributed by atoms with E-state index in [1.54, 1.807) is 7.11 Å². The van der Waals surface area contributed by atoms with Gasteiger partial charge in [0.2, 0.25) is 0 Å². The Bertz CT molecular complexity index is 163. The van der Waals surface area contributed by atoms with Gasteiger partial charge >= 0.3 is 9.28 Å². The first-order valence-corrected chi connectivity index (χ1v) is 8.18. The fraction of sp³-hybridized carbons (Fsp3) is 1.00. The van der Waals surface area contributed by atoms with Crippen molar-refractivity contribution in [3.05, 3.63) is 0 Å². The summed E-state index contributed by atoms with van der Waals surface area (Å²) >= 11 is 0. The molecule has 0 spiro atoms. The number of hydrogen-bond acceptors (Lipinski definition) is 4. The number of hydrogen-bond donors (Lipinski definition) is 0. The predicted molar refractivity (Wildman–Crippen MR) is 71.5 cm³/mol. The van der Waals surface area contributed by atoms with Gasteiger partial charge in [0.25, 0.3) is 0 Å². The van der Waals surface area contributed by atoms with Crippen LogP contribution in [-0.2, 0) is 18.3 Å². The van der Waals surface area contributed by atoms with Crippen molar-refractivity contribution >= 4 is 9.28 Å². The van der Waals surface area contributed by atoms with Gasteiger partial charge in [-0.15, -0.1) is 0 Å². The summed E-state index contributed by atoms with van der Waals surface area (Å²) in [7, 11) is -0.0168. The molecule has 17 heavy (non-hydrogen) atoms. The maximum Gasteiger partial charge on any atom is 0.351 e. The highest BCUT2D eigenvalue weighted by Crippen LogP contribution is 2.10. The summed E-state index contributed by atoms with van der Waals surface area (Å²) in [6.07, 6.45) is 2.19. The third kappa shape index (κ3) is 7.89. The van der Waals surface area contributed by atoms with Crippen molar-refractivity contribution in [1.82, 2.24) is 0 Å². The number of methoxy groups -OCH3 is 1. The average molecular weight is 264 g/mol. The summed E-state index contributed by atoms with van der Waals surface area (Å²) in [5.74, 6) is 0. The van der Waals surface area contributed by atoms with Crippen molar-refractivity contribution in [2.24, 2.45) is 0 Å². The fourth-order valence-electron chi connectivity index (χ4n) is 1.50. The Morgan fingerprint density at radius 2 is 1.65 bits per heavy atom. The Kier molecular flexibility index (Phi) is 11.2. The summed E-state index contributed by atoms with van der Waals surface area (Å²) in [6, 6.07) is 0. The molecule has 104 valence electrons. The first-order chi connectivity index (χ1) is 8.19. The standard InChI is InChI=1S/C12H28O4Si/c1-6-9-12(14-10-11(4)13-5)17(15-7-2)16-8-3/h11-12,17H,6-10H2,1-5H3. The van der Waals surface area contributed by atoms with E-state index in [0.717, 1.165) is 12.8 Å². The Morgan fingerprint density at radius 1 is 1.06 bits per heavy atom. The molecule has 4 nitrogen and oxygen atoms in total. The van der Waals surface area contributed by atoms with Crippen molar-refractivity contribution < 1.29 is 18.3 Å². The highest BCUT2D eigenvalue weighted by Gasteiger charge is 2.26. The van der Waals surface area contributed by atoms with Crippen LogP contribution in [0.4, 0.5) is 0 Å². The topological polar surface area (TPSA) is 36.9 Å². The molecule has 0 aromatic heterocycles. The monoisotopic (exact) mass is 264 g/mol. The molecule has 0 aromatic carbocycles. The van der Waals surface area contributed by atoms with Crippen LogP contribution in [0.2, 0.25) is 0 Å². The molecule has 0 saturated carbocycles. The summed E-state index contributed by atoms with van der Waals surface area (Å²) < 4.78 is 22.5. The Hall–Kier alpha value is 0.0569. The van der Waals surface area contributed by atoms with Crippen molar-refractivity contribution in [2.75, 3.05) is 26.9 Å². The molecule has 0 aliphatic heterocycles. The summed E-state index contributed by atoms with van der Waals surface area (Å²) in [5, 5.41) is 0. The van der Waals surface area contributed by atoms with Gasteiger partial charge < -0.3 is 18.3 Å². The zero-order chi connectivity index (χ0) is 13.1. The molecule has 2 unspecified atom stereocenters. The Morgan fingerprint density at radius 3 is 2.06 bits per heavy atom. The van der Waals surface area contributed by atoms with E-state index >= 15 is 0 Å². The largest absolute Gasteiger partial charge is 0.395 e. The third-order valence-electron chi connectivity index (χ3n) is 2.49. The van der Waals surface area contributed by atoms with E-state index in [-0.39, 0.29) is 11.8 Å². The Balaban J connectivity index is 4.22. The van der Waals surface area contributed by atoms with Gasteiger partial charge in [-0.25, -0.2) is 0 Å². The molecular weight excluding hydrogens is 236 g/mol. The van der Waals surface area contributed by atoms with E-state index < -0.39 is 9.28 Å². The molecule has 0 bridgehead atoms. The molecule has 0 aromatic rings. The summed E-state index contributed by atoms with van der Waals surface area (Å²) in [6.45, 7) is 10.1. The van der Waals surface area contributed by atoms with Crippen LogP contribution in [0.15, 0.2) is 0 Å². The molecule has 2 atom stereocenters. The lowest BCUT2D eigenvalue weighted by molar-refractivity contribution is -0.0117. The molecular formula is C12H28O4Si. The second-order valence-electron chi connectivity index (χ2n) is 3.99. The van der Waals surface area contributed by atoms with Gasteiger partial charge in [0, 0.05) is 20.3 Å². The first kappa shape index (κ1) is 17.1. The minimum atomic E-state index is -1.71. The summed E-state index contributed by atoms with van der Waals surface area (Å²) in [4.78, 5) is 0. The fourth-order valence-corrected chi connectivity index (χ4v) is 3.56. The predicted octanol–water partition coefficient (Wildman–Crippen LogP) is 2.04. The van der Waals surface area contributed by atoms with Gasteiger partial charge in [0.15, 0.2) is 0 Å². The summed E-state index contributed by atoms with van der Waals surface area (Å²) in [5.41, 5.74) is 0.123. The van der Waals surface area contributed by atoms with E-state index in [1.807, 2.05) is 20.8 Å². The minimum absolute atomic E-state index is 0.118. The lowest BCUT2D eigenvalue weighted by atomic mass is 10.3. The SMILES string of the molecule is CCCC(OCC(C)OC)[SiH](OCC)OCC. The molecule has 0 saturated heterocycles. The van der Waals surface area contributed by atoms with E-state index in [1.165, 1.54) is 0 Å². The zero-order valence-electron chi connectivity index (χ0n) is 11.9. The second kappa shape index (κ2) is 11.2. The van der Waals surface area contributed by atoms with Crippen LogP contribution in [0.1, 0.15) is 40.5 Å². The number of ether oxygens (including phenoxy) is 2. The highest BCUT2D eigenvalue weighted by molar-refractivity contribution is 6.46. The molecule has 0 aliphatic carbocycles. The molecule has 5 heteroatoms. The highest BCUT2D eigenvalue weighted by atomic mass is 28.3. The van der Waals surface area contributed by atoms with Crippen LogP contribution in [0.5, 0.6) is 0 Å². The van der Waals surface area contributed by atoms with Crippen molar-refractivity contribution in [2.45, 2.75) is 52.4 Å². The van der Waals surface area contributed by atoms with E-state index in [4.69, 9.17) is 18.3 Å². The maximum absolute atomic E-state index is 5.89. The molecule has 0 rings (SSSR count). The lowest BCUT2D eigenvalue weighted by Crippen LogP contribution is -2.40. The molecule has 0 heterocycles.